The molecule has 4 aromatic rings. The summed E-state index contributed by atoms with van der Waals surface area (Å²) < 4.78 is 16.0. The maximum atomic E-state index is 14.3. The Morgan fingerprint density at radius 1 is 1.16 bits per heavy atom. The summed E-state index contributed by atoms with van der Waals surface area (Å²) in [5, 5.41) is 18.2. The molecule has 224 valence electrons. The van der Waals surface area contributed by atoms with Gasteiger partial charge in [-0.1, -0.05) is 63.7 Å². The number of nitrogens with one attached hydrogen (secondary N) is 1. The topological polar surface area (TPSA) is 81.6 Å². The van der Waals surface area contributed by atoms with Gasteiger partial charge in [0.2, 0.25) is 6.19 Å². The molecular formula is C33H40FN7SSi. The van der Waals surface area contributed by atoms with Gasteiger partial charge in [0.1, 0.15) is 17.3 Å². The number of nitriles is 1. The van der Waals surface area contributed by atoms with Crippen LogP contribution < -0.4 is 10.2 Å². The van der Waals surface area contributed by atoms with Crippen LogP contribution in [-0.2, 0) is 12.6 Å². The summed E-state index contributed by atoms with van der Waals surface area (Å²) in [5.41, 5.74) is 4.73. The van der Waals surface area contributed by atoms with Crippen LogP contribution in [0.2, 0.25) is 18.1 Å². The molecule has 1 atom stereocenters. The standard InChI is InChI=1S/C33H40FN7SSi/c1-33(2,3)43(5,6)21-24-10-7-9-23(17-24)19-37-32(38-22-35)28-20-36-30-14-15-31(39-41(28)30)40-16-8-11-27(40)26-18-25(34)12-13-29(26)42-4/h7,9-10,12-15,17-18,20,27H,8,11,16,19,21H2,1-6H3,(H,37,38)/t27-/m1/s1. The van der Waals surface area contributed by atoms with Crippen molar-refractivity contribution in [1.82, 2.24) is 19.9 Å². The van der Waals surface area contributed by atoms with Gasteiger partial charge in [-0.25, -0.2) is 13.9 Å². The Hall–Kier alpha value is -3.68. The van der Waals surface area contributed by atoms with Crippen molar-refractivity contribution in [3.05, 3.63) is 89.0 Å². The van der Waals surface area contributed by atoms with E-state index in [1.807, 2.05) is 30.6 Å². The number of hydrogen-bond donors (Lipinski definition) is 1. The maximum Gasteiger partial charge on any atom is 0.207 e. The SMILES string of the molecule is CSc1ccc(F)cc1[C@H]1CCCN1c1ccc2ncc(/C(=N/C#N)NCc3cccc(C[Si](C)(C)C(C)(C)C)c3)n2n1. The zero-order valence-electron chi connectivity index (χ0n) is 25.9. The maximum absolute atomic E-state index is 14.3. The van der Waals surface area contributed by atoms with Crippen molar-refractivity contribution >= 4 is 37.1 Å². The second-order valence-corrected chi connectivity index (χ2v) is 19.4. The average molecular weight is 614 g/mol. The van der Waals surface area contributed by atoms with E-state index in [0.29, 0.717) is 28.8 Å². The summed E-state index contributed by atoms with van der Waals surface area (Å²) in [6.45, 7) is 13.3. The highest BCUT2D eigenvalue weighted by molar-refractivity contribution is 7.98. The van der Waals surface area contributed by atoms with Gasteiger partial charge in [0, 0.05) is 18.0 Å². The van der Waals surface area contributed by atoms with Gasteiger partial charge in [-0.05, 0) is 71.6 Å². The molecule has 3 heterocycles. The molecule has 5 rings (SSSR count). The van der Waals surface area contributed by atoms with Crippen LogP contribution in [0.3, 0.4) is 0 Å². The lowest BCUT2D eigenvalue weighted by Crippen LogP contribution is -2.39. The molecule has 7 nitrogen and oxygen atoms in total. The fourth-order valence-corrected chi connectivity index (χ4v) is 7.96. The second-order valence-electron chi connectivity index (χ2n) is 12.9. The third-order valence-corrected chi connectivity index (χ3v) is 15.1. The summed E-state index contributed by atoms with van der Waals surface area (Å²) in [6.07, 6.45) is 7.57. The first-order valence-electron chi connectivity index (χ1n) is 14.7. The number of aromatic nitrogens is 3. The van der Waals surface area contributed by atoms with Gasteiger partial charge in [-0.3, -0.25) is 0 Å². The minimum atomic E-state index is -1.48. The predicted octanol–water partition coefficient (Wildman–Crippen LogP) is 7.54. The molecule has 10 heteroatoms. The van der Waals surface area contributed by atoms with Crippen LogP contribution in [0, 0.1) is 17.3 Å². The average Bonchev–Trinajstić information content (AvgIpc) is 3.62. The van der Waals surface area contributed by atoms with Crippen molar-refractivity contribution in [2.45, 2.75) is 75.3 Å². The van der Waals surface area contributed by atoms with Crippen molar-refractivity contribution in [2.75, 3.05) is 17.7 Å². The van der Waals surface area contributed by atoms with E-state index >= 15 is 0 Å². The quantitative estimate of drug-likeness (QED) is 0.0727. The molecule has 0 bridgehead atoms. The van der Waals surface area contributed by atoms with Crippen molar-refractivity contribution in [2.24, 2.45) is 4.99 Å². The smallest absolute Gasteiger partial charge is 0.207 e. The number of imidazole rings is 1. The molecule has 1 aliphatic heterocycles. The first-order valence-corrected chi connectivity index (χ1v) is 19.2. The molecule has 1 fully saturated rings. The van der Waals surface area contributed by atoms with Crippen molar-refractivity contribution in [3.63, 3.8) is 0 Å². The minimum absolute atomic E-state index is 0.0269. The lowest BCUT2D eigenvalue weighted by atomic mass is 10.0. The Labute approximate surface area is 259 Å². The molecule has 1 saturated heterocycles. The fraction of sp³-hybridized carbons (Fsp3) is 0.394. The van der Waals surface area contributed by atoms with Crippen LogP contribution in [-0.4, -0.2) is 41.3 Å². The van der Waals surface area contributed by atoms with Crippen LogP contribution in [0.15, 0.2) is 70.7 Å². The van der Waals surface area contributed by atoms with E-state index in [4.69, 9.17) is 5.10 Å². The lowest BCUT2D eigenvalue weighted by Gasteiger charge is -2.37. The largest absolute Gasteiger partial charge is 0.363 e. The highest BCUT2D eigenvalue weighted by Crippen LogP contribution is 2.40. The van der Waals surface area contributed by atoms with E-state index in [1.165, 1.54) is 11.6 Å². The van der Waals surface area contributed by atoms with E-state index in [0.717, 1.165) is 47.3 Å². The third kappa shape index (κ3) is 6.63. The van der Waals surface area contributed by atoms with Crippen molar-refractivity contribution < 1.29 is 4.39 Å². The first kappa shape index (κ1) is 30.8. The Balaban J connectivity index is 1.40. The third-order valence-electron chi connectivity index (χ3n) is 8.98. The van der Waals surface area contributed by atoms with Gasteiger partial charge in [0.15, 0.2) is 11.5 Å². The molecule has 0 aliphatic carbocycles. The van der Waals surface area contributed by atoms with Gasteiger partial charge in [-0.15, -0.1) is 16.9 Å². The predicted molar refractivity (Wildman–Crippen MR) is 177 cm³/mol. The molecule has 0 radical (unpaired) electrons. The Morgan fingerprint density at radius 2 is 1.95 bits per heavy atom. The molecule has 0 spiro atoms. The van der Waals surface area contributed by atoms with Crippen LogP contribution in [0.5, 0.6) is 0 Å². The van der Waals surface area contributed by atoms with Crippen LogP contribution in [0.4, 0.5) is 10.2 Å². The Morgan fingerprint density at radius 3 is 2.70 bits per heavy atom. The van der Waals surface area contributed by atoms with Gasteiger partial charge in [0.05, 0.1) is 20.3 Å². The normalized spacial score (nSPS) is 16.1. The number of halogens is 1. The molecular weight excluding hydrogens is 574 g/mol. The molecule has 0 saturated carbocycles. The number of hydrogen-bond acceptors (Lipinski definition) is 6. The summed E-state index contributed by atoms with van der Waals surface area (Å²) in [5.74, 6) is 0.969. The summed E-state index contributed by atoms with van der Waals surface area (Å²) in [7, 11) is -1.48. The van der Waals surface area contributed by atoms with E-state index in [1.54, 1.807) is 28.5 Å². The van der Waals surface area contributed by atoms with Crippen LogP contribution >= 0.6 is 11.8 Å². The fourth-order valence-electron chi connectivity index (χ4n) is 5.56. The summed E-state index contributed by atoms with van der Waals surface area (Å²) in [4.78, 5) is 12.0. The first-order chi connectivity index (χ1) is 20.5. The van der Waals surface area contributed by atoms with Crippen molar-refractivity contribution in [3.8, 4) is 6.19 Å². The molecule has 43 heavy (non-hydrogen) atoms. The number of aliphatic imine (C=N–C) groups is 1. The molecule has 1 N–H and O–H groups in total. The van der Waals surface area contributed by atoms with Gasteiger partial charge < -0.3 is 10.2 Å². The monoisotopic (exact) mass is 613 g/mol. The Bertz CT molecular complexity index is 1680. The van der Waals surface area contributed by atoms with Gasteiger partial charge in [0.25, 0.3) is 0 Å². The number of nitrogens with zero attached hydrogens (tertiary/aromatic N) is 6. The second kappa shape index (κ2) is 12.5. The summed E-state index contributed by atoms with van der Waals surface area (Å²) >= 11 is 1.63. The number of benzene rings is 2. The molecule has 2 aromatic heterocycles. The zero-order valence-corrected chi connectivity index (χ0v) is 27.7. The number of rotatable bonds is 8. The number of amidine groups is 1. The minimum Gasteiger partial charge on any atom is -0.363 e. The van der Waals surface area contributed by atoms with E-state index < -0.39 is 8.07 Å². The highest BCUT2D eigenvalue weighted by Gasteiger charge is 2.35. The Kier molecular flexibility index (Phi) is 8.95. The lowest BCUT2D eigenvalue weighted by molar-refractivity contribution is 0.613. The van der Waals surface area contributed by atoms with E-state index in [-0.39, 0.29) is 11.9 Å². The van der Waals surface area contributed by atoms with E-state index in [2.05, 4.69) is 78.3 Å². The molecule has 2 aromatic carbocycles. The zero-order chi connectivity index (χ0) is 30.8. The molecule has 0 unspecified atom stereocenters. The van der Waals surface area contributed by atoms with Gasteiger partial charge >= 0.3 is 0 Å². The molecule has 1 aliphatic rings. The van der Waals surface area contributed by atoms with Crippen LogP contribution in [0.1, 0.15) is 62.0 Å². The van der Waals surface area contributed by atoms with Crippen LogP contribution in [0.25, 0.3) is 5.65 Å². The number of thioether (sulfide) groups is 1. The van der Waals surface area contributed by atoms with E-state index in [9.17, 15) is 9.65 Å². The summed E-state index contributed by atoms with van der Waals surface area (Å²) in [6, 6.07) is 18.7. The highest BCUT2D eigenvalue weighted by atomic mass is 32.2. The number of fused-ring (bicyclic) bond motifs is 1. The number of anilines is 1. The molecule has 0 amide bonds. The van der Waals surface area contributed by atoms with Crippen molar-refractivity contribution in [1.29, 1.82) is 5.26 Å². The van der Waals surface area contributed by atoms with Gasteiger partial charge in [-0.2, -0.15) is 10.3 Å².